The summed E-state index contributed by atoms with van der Waals surface area (Å²) in [7, 11) is 0. The van der Waals surface area contributed by atoms with Gasteiger partial charge in [0.2, 0.25) is 0 Å². The normalized spacial score (nSPS) is 46.2. The van der Waals surface area contributed by atoms with E-state index in [2.05, 4.69) is 19.9 Å². The maximum Gasteiger partial charge on any atom is 0.335 e. The van der Waals surface area contributed by atoms with Crippen molar-refractivity contribution >= 4 is 0 Å². The van der Waals surface area contributed by atoms with E-state index in [4.69, 9.17) is 4.42 Å². The molecule has 1 aromatic rings. The third kappa shape index (κ3) is 2.53. The van der Waals surface area contributed by atoms with Crippen LogP contribution in [0.5, 0.6) is 0 Å². The van der Waals surface area contributed by atoms with Gasteiger partial charge in [-0.25, -0.2) is 4.79 Å². The van der Waals surface area contributed by atoms with Crippen molar-refractivity contribution < 1.29 is 9.52 Å². The number of fused-ring (bicyclic) bond motifs is 5. The van der Waals surface area contributed by atoms with Crippen molar-refractivity contribution in [1.29, 1.82) is 0 Å². The summed E-state index contributed by atoms with van der Waals surface area (Å²) in [5.41, 5.74) is 3.23. The van der Waals surface area contributed by atoms with Crippen LogP contribution in [-0.4, -0.2) is 11.2 Å². The summed E-state index contributed by atoms with van der Waals surface area (Å²) >= 11 is 0. The first-order valence-electron chi connectivity index (χ1n) is 10.9. The first kappa shape index (κ1) is 17.7. The first-order valence-corrected chi connectivity index (χ1v) is 10.9. The molecule has 0 amide bonds. The summed E-state index contributed by atoms with van der Waals surface area (Å²) < 4.78 is 5.20. The molecule has 0 unspecified atom stereocenters. The monoisotopic (exact) mass is 368 g/mol. The van der Waals surface area contributed by atoms with Gasteiger partial charge in [-0.2, -0.15) is 0 Å². The Labute approximate surface area is 161 Å². The second-order valence-electron chi connectivity index (χ2n) is 10.2. The van der Waals surface area contributed by atoms with Crippen molar-refractivity contribution in [1.82, 2.24) is 0 Å². The Morgan fingerprint density at radius 1 is 1.11 bits per heavy atom. The molecule has 3 nitrogen and oxygen atoms in total. The Bertz CT molecular complexity index is 803. The van der Waals surface area contributed by atoms with Crippen molar-refractivity contribution in [2.45, 2.75) is 77.2 Å². The molecule has 3 fully saturated rings. The third-order valence-electron chi connectivity index (χ3n) is 9.17. The van der Waals surface area contributed by atoms with E-state index in [1.54, 1.807) is 17.9 Å². The molecular formula is C24H32O3. The second kappa shape index (κ2) is 6.07. The molecule has 0 bridgehead atoms. The highest BCUT2D eigenvalue weighted by Crippen LogP contribution is 2.67. The fourth-order valence-corrected chi connectivity index (χ4v) is 7.64. The molecule has 3 saturated carbocycles. The van der Waals surface area contributed by atoms with Gasteiger partial charge >= 0.3 is 5.63 Å². The van der Waals surface area contributed by atoms with Gasteiger partial charge < -0.3 is 9.52 Å². The summed E-state index contributed by atoms with van der Waals surface area (Å²) in [6.45, 7) is 4.98. The van der Waals surface area contributed by atoms with Gasteiger partial charge in [-0.15, -0.1) is 0 Å². The number of rotatable bonds is 1. The zero-order valence-electron chi connectivity index (χ0n) is 16.6. The SMILES string of the molecule is C[C@]12CC[C@H](O)C[C@H]1CC[C@H]1C3=CC[C@H](c4ccc(=O)oc4)[C@@]3(C)CC[C@@H]12. The van der Waals surface area contributed by atoms with Gasteiger partial charge in [0.05, 0.1) is 12.4 Å². The van der Waals surface area contributed by atoms with E-state index in [1.165, 1.54) is 37.7 Å². The molecule has 146 valence electrons. The molecule has 0 aliphatic heterocycles. The fraction of sp³-hybridized carbons (Fsp3) is 0.708. The largest absolute Gasteiger partial charge is 0.431 e. The van der Waals surface area contributed by atoms with Crippen LogP contribution in [-0.2, 0) is 0 Å². The predicted molar refractivity (Wildman–Crippen MR) is 105 cm³/mol. The van der Waals surface area contributed by atoms with Gasteiger partial charge in [0.1, 0.15) is 0 Å². The van der Waals surface area contributed by atoms with Crippen LogP contribution in [0.2, 0.25) is 0 Å². The zero-order valence-corrected chi connectivity index (χ0v) is 16.6. The third-order valence-corrected chi connectivity index (χ3v) is 9.17. The van der Waals surface area contributed by atoms with Crippen molar-refractivity contribution in [3.05, 3.63) is 46.0 Å². The lowest BCUT2D eigenvalue weighted by Crippen LogP contribution is -2.51. The van der Waals surface area contributed by atoms with E-state index in [0.717, 1.165) is 25.2 Å². The van der Waals surface area contributed by atoms with Crippen LogP contribution >= 0.6 is 0 Å². The van der Waals surface area contributed by atoms with Gasteiger partial charge in [0, 0.05) is 6.07 Å². The minimum atomic E-state index is -0.260. The second-order valence-corrected chi connectivity index (χ2v) is 10.2. The number of allylic oxidation sites excluding steroid dienone is 2. The Hall–Kier alpha value is -1.35. The molecule has 7 atom stereocenters. The van der Waals surface area contributed by atoms with Gasteiger partial charge in [-0.3, -0.25) is 0 Å². The zero-order chi connectivity index (χ0) is 18.8. The lowest BCUT2D eigenvalue weighted by Gasteiger charge is -2.59. The van der Waals surface area contributed by atoms with Crippen molar-refractivity contribution in [2.75, 3.05) is 0 Å². The van der Waals surface area contributed by atoms with E-state index in [-0.39, 0.29) is 17.1 Å². The van der Waals surface area contributed by atoms with E-state index >= 15 is 0 Å². The van der Waals surface area contributed by atoms with Crippen molar-refractivity contribution in [2.24, 2.45) is 28.6 Å². The summed E-state index contributed by atoms with van der Waals surface area (Å²) in [6.07, 6.45) is 13.5. The number of aliphatic hydroxyl groups excluding tert-OH is 1. The lowest BCUT2D eigenvalue weighted by molar-refractivity contribution is -0.0823. The molecular weight excluding hydrogens is 336 g/mol. The van der Waals surface area contributed by atoms with Crippen LogP contribution in [0, 0.1) is 28.6 Å². The Kier molecular flexibility index (Phi) is 3.99. The molecule has 0 saturated heterocycles. The smallest absolute Gasteiger partial charge is 0.335 e. The van der Waals surface area contributed by atoms with Gasteiger partial charge in [0.15, 0.2) is 0 Å². The highest BCUT2D eigenvalue weighted by molar-refractivity contribution is 5.36. The number of hydrogen-bond donors (Lipinski definition) is 1. The minimum absolute atomic E-state index is 0.0729. The fourth-order valence-electron chi connectivity index (χ4n) is 7.64. The van der Waals surface area contributed by atoms with Crippen LogP contribution in [0.25, 0.3) is 0 Å². The minimum Gasteiger partial charge on any atom is -0.431 e. The molecule has 3 heteroatoms. The molecule has 27 heavy (non-hydrogen) atoms. The molecule has 4 aliphatic carbocycles. The Morgan fingerprint density at radius 3 is 2.74 bits per heavy atom. The number of aliphatic hydroxyl groups is 1. The molecule has 1 heterocycles. The van der Waals surface area contributed by atoms with Crippen LogP contribution in [0.1, 0.15) is 76.7 Å². The molecule has 0 radical (unpaired) electrons. The van der Waals surface area contributed by atoms with Gasteiger partial charge in [-0.05, 0) is 97.5 Å². The van der Waals surface area contributed by atoms with E-state index in [9.17, 15) is 9.90 Å². The molecule has 1 N–H and O–H groups in total. The highest BCUT2D eigenvalue weighted by atomic mass is 16.4. The summed E-state index contributed by atoms with van der Waals surface area (Å²) in [6, 6.07) is 3.55. The first-order chi connectivity index (χ1) is 12.9. The van der Waals surface area contributed by atoms with E-state index in [0.29, 0.717) is 23.2 Å². The maximum absolute atomic E-state index is 11.4. The van der Waals surface area contributed by atoms with Gasteiger partial charge in [-0.1, -0.05) is 25.5 Å². The van der Waals surface area contributed by atoms with Crippen LogP contribution in [0.4, 0.5) is 0 Å². The predicted octanol–water partition coefficient (Wildman–Crippen LogP) is 5.05. The summed E-state index contributed by atoms with van der Waals surface area (Å²) in [4.78, 5) is 11.4. The Balaban J connectivity index is 1.45. The van der Waals surface area contributed by atoms with Crippen molar-refractivity contribution in [3.63, 3.8) is 0 Å². The number of hydrogen-bond acceptors (Lipinski definition) is 3. The summed E-state index contributed by atoms with van der Waals surface area (Å²) in [5, 5.41) is 10.2. The lowest BCUT2D eigenvalue weighted by atomic mass is 9.46. The molecule has 1 aromatic heterocycles. The molecule has 5 rings (SSSR count). The van der Waals surface area contributed by atoms with Crippen molar-refractivity contribution in [3.8, 4) is 0 Å². The van der Waals surface area contributed by atoms with Crippen LogP contribution in [0.3, 0.4) is 0 Å². The molecule has 0 aromatic carbocycles. The Morgan fingerprint density at radius 2 is 1.96 bits per heavy atom. The topological polar surface area (TPSA) is 50.4 Å². The average molecular weight is 369 g/mol. The van der Waals surface area contributed by atoms with Crippen LogP contribution < -0.4 is 5.63 Å². The van der Waals surface area contributed by atoms with E-state index in [1.807, 2.05) is 6.07 Å². The van der Waals surface area contributed by atoms with Crippen LogP contribution in [0.15, 0.2) is 39.3 Å². The van der Waals surface area contributed by atoms with E-state index < -0.39 is 0 Å². The average Bonchev–Trinajstić information content (AvgIpc) is 3.00. The highest BCUT2D eigenvalue weighted by Gasteiger charge is 2.57. The van der Waals surface area contributed by atoms with Gasteiger partial charge in [0.25, 0.3) is 0 Å². The standard InChI is InChI=1S/C24H32O3/c1-23-11-9-17(25)13-16(23)4-5-18-20-7-6-19(15-3-8-22(26)27-14-15)24(20,2)12-10-21(18)23/h3,7-8,14,16-19,21,25H,4-6,9-13H2,1-2H3/t16-,17+,18+,19-,21+,23+,24-/m1/s1. The molecule has 4 aliphatic rings. The summed E-state index contributed by atoms with van der Waals surface area (Å²) in [5.74, 6) is 2.63. The quantitative estimate of drug-likeness (QED) is 0.706. The molecule has 0 spiro atoms. The maximum atomic E-state index is 11.4.